The van der Waals surface area contributed by atoms with Gasteiger partial charge in [-0.2, -0.15) is 0 Å². The molecule has 7 aromatic rings. The molecule has 48 heavy (non-hydrogen) atoms. The molecule has 0 spiro atoms. The van der Waals surface area contributed by atoms with Crippen molar-refractivity contribution in [2.24, 2.45) is 0 Å². The number of para-hydroxylation sites is 3. The largest absolute Gasteiger partial charge is 0.505 e. The van der Waals surface area contributed by atoms with Crippen molar-refractivity contribution in [2.45, 2.75) is 71.8 Å². The summed E-state index contributed by atoms with van der Waals surface area (Å²) in [7, 11) is 0. The smallest absolute Gasteiger partial charge is 0.143 e. The fourth-order valence-electron chi connectivity index (χ4n) is 7.49. The quantitative estimate of drug-likeness (QED) is 0.207. The van der Waals surface area contributed by atoms with Crippen LogP contribution in [0.5, 0.6) is 5.75 Å². The van der Waals surface area contributed by atoms with E-state index in [0.29, 0.717) is 12.4 Å². The van der Waals surface area contributed by atoms with Crippen LogP contribution in [0, 0.1) is 0 Å². The van der Waals surface area contributed by atoms with Gasteiger partial charge in [0.2, 0.25) is 0 Å². The summed E-state index contributed by atoms with van der Waals surface area (Å²) >= 11 is 1.84. The van der Waals surface area contributed by atoms with Crippen molar-refractivity contribution in [1.29, 1.82) is 0 Å². The molecule has 8 rings (SSSR count). The van der Waals surface area contributed by atoms with Crippen molar-refractivity contribution < 1.29 is 5.11 Å². The van der Waals surface area contributed by atoms with Gasteiger partial charge in [-0.25, -0.2) is 4.98 Å². The van der Waals surface area contributed by atoms with E-state index in [2.05, 4.69) is 162 Å². The molecule has 0 bridgehead atoms. The van der Waals surface area contributed by atoms with Crippen molar-refractivity contribution in [3.63, 3.8) is 0 Å². The van der Waals surface area contributed by atoms with Crippen LogP contribution in [0.2, 0.25) is 0 Å². The predicted molar refractivity (Wildman–Crippen MR) is 207 cm³/mol. The van der Waals surface area contributed by atoms with E-state index in [9.17, 15) is 5.11 Å². The molecule has 0 saturated heterocycles. The summed E-state index contributed by atoms with van der Waals surface area (Å²) in [5.74, 6) is 0.361. The van der Waals surface area contributed by atoms with Crippen LogP contribution in [-0.4, -0.2) is 16.8 Å². The summed E-state index contributed by atoms with van der Waals surface area (Å²) in [5, 5.41) is 16.9. The van der Waals surface area contributed by atoms with Gasteiger partial charge in [0, 0.05) is 21.0 Å². The molecule has 242 valence electrons. The zero-order chi connectivity index (χ0) is 33.7. The van der Waals surface area contributed by atoms with Crippen molar-refractivity contribution in [3.8, 4) is 5.75 Å². The molecule has 1 aliphatic heterocycles. The molecule has 1 aliphatic rings. The van der Waals surface area contributed by atoms with E-state index < -0.39 is 5.54 Å². The number of nitrogens with zero attached hydrogens (tertiary/aromatic N) is 3. The Balaban J connectivity index is 1.33. The SMILES string of the molecule is CC(C)(C)c1cc(N2CN(C(C)(C)c3cc4c5nc6ccccc6cc5sc4c4ccccc34)c3ccccc32)c(O)c(C(C)(C)C)c1. The highest BCUT2D eigenvalue weighted by Crippen LogP contribution is 2.52. The van der Waals surface area contributed by atoms with Gasteiger partial charge in [0.25, 0.3) is 0 Å². The number of hydrogen-bond acceptors (Lipinski definition) is 5. The van der Waals surface area contributed by atoms with Crippen LogP contribution in [0.15, 0.2) is 97.1 Å². The maximum atomic E-state index is 12.0. The molecule has 3 heterocycles. The lowest BCUT2D eigenvalue weighted by molar-refractivity contribution is 0.444. The summed E-state index contributed by atoms with van der Waals surface area (Å²) in [5.41, 5.74) is 7.97. The molecule has 5 aromatic carbocycles. The third-order valence-electron chi connectivity index (χ3n) is 10.3. The van der Waals surface area contributed by atoms with Crippen LogP contribution >= 0.6 is 11.3 Å². The van der Waals surface area contributed by atoms with Gasteiger partial charge in [-0.15, -0.1) is 11.3 Å². The van der Waals surface area contributed by atoms with Crippen LogP contribution in [-0.2, 0) is 16.4 Å². The van der Waals surface area contributed by atoms with Crippen LogP contribution in [0.25, 0.3) is 42.0 Å². The number of thiophene rings is 1. The summed E-state index contributed by atoms with van der Waals surface area (Å²) in [6.07, 6.45) is 0. The minimum absolute atomic E-state index is 0.0718. The topological polar surface area (TPSA) is 39.6 Å². The molecule has 0 amide bonds. The monoisotopic (exact) mass is 649 g/mol. The Kier molecular flexibility index (Phi) is 6.68. The number of fused-ring (bicyclic) bond motifs is 7. The van der Waals surface area contributed by atoms with Crippen molar-refractivity contribution in [2.75, 3.05) is 16.5 Å². The summed E-state index contributed by atoms with van der Waals surface area (Å²) in [6.45, 7) is 18.6. The van der Waals surface area contributed by atoms with Crippen molar-refractivity contribution in [1.82, 2.24) is 4.98 Å². The highest BCUT2D eigenvalue weighted by Gasteiger charge is 2.40. The van der Waals surface area contributed by atoms with Crippen molar-refractivity contribution in [3.05, 3.63) is 114 Å². The molecule has 4 nitrogen and oxygen atoms in total. The average molecular weight is 650 g/mol. The predicted octanol–water partition coefficient (Wildman–Crippen LogP) is 11.9. The van der Waals surface area contributed by atoms with E-state index in [1.165, 1.54) is 42.1 Å². The van der Waals surface area contributed by atoms with Crippen molar-refractivity contribution >= 4 is 70.4 Å². The number of rotatable bonds is 3. The Labute approximate surface area is 287 Å². The first kappa shape index (κ1) is 30.7. The van der Waals surface area contributed by atoms with Gasteiger partial charge < -0.3 is 14.9 Å². The van der Waals surface area contributed by atoms with E-state index in [1.807, 2.05) is 11.3 Å². The van der Waals surface area contributed by atoms with E-state index in [-0.39, 0.29) is 10.8 Å². The standard InChI is InChI=1S/C43H43N3OS/c1-41(2,3)27-22-32(42(4,5)6)39(47)36(23-27)45-25-46(35-20-14-13-19-34(35)45)43(7,8)31-24-30-38-37(21-26-15-9-12-18-33(26)44-38)48-40(30)29-17-11-10-16-28(29)31/h9-24,47H,25H2,1-8H3. The van der Waals surface area contributed by atoms with Gasteiger partial charge in [-0.05, 0) is 83.0 Å². The van der Waals surface area contributed by atoms with Gasteiger partial charge in [0.15, 0.2) is 0 Å². The zero-order valence-corrected chi connectivity index (χ0v) is 30.0. The first-order valence-electron chi connectivity index (χ1n) is 16.9. The van der Waals surface area contributed by atoms with Crippen LogP contribution < -0.4 is 9.80 Å². The third kappa shape index (κ3) is 4.66. The van der Waals surface area contributed by atoms with Gasteiger partial charge >= 0.3 is 0 Å². The fraction of sp³-hybridized carbons (Fsp3) is 0.279. The lowest BCUT2D eigenvalue weighted by Gasteiger charge is -2.39. The minimum Gasteiger partial charge on any atom is -0.505 e. The maximum absolute atomic E-state index is 12.0. The van der Waals surface area contributed by atoms with Gasteiger partial charge in [0.1, 0.15) is 5.75 Å². The molecule has 0 radical (unpaired) electrons. The number of aromatic nitrogens is 1. The molecule has 0 aliphatic carbocycles. The van der Waals surface area contributed by atoms with Crippen LogP contribution in [0.1, 0.15) is 72.1 Å². The summed E-state index contributed by atoms with van der Waals surface area (Å²) in [4.78, 5) is 10.0. The number of hydrogen-bond donors (Lipinski definition) is 1. The van der Waals surface area contributed by atoms with E-state index in [1.54, 1.807) is 0 Å². The Morgan fingerprint density at radius 2 is 1.31 bits per heavy atom. The molecular formula is C43H43N3OS. The zero-order valence-electron chi connectivity index (χ0n) is 29.1. The highest BCUT2D eigenvalue weighted by molar-refractivity contribution is 7.26. The number of phenolic OH excluding ortho intramolecular Hbond substituents is 1. The van der Waals surface area contributed by atoms with Crippen LogP contribution in [0.3, 0.4) is 0 Å². The normalized spacial score (nSPS) is 14.2. The number of anilines is 3. The summed E-state index contributed by atoms with van der Waals surface area (Å²) in [6, 6.07) is 35.0. The Hall–Kier alpha value is -4.61. The Morgan fingerprint density at radius 3 is 2.04 bits per heavy atom. The number of aromatic hydroxyl groups is 1. The molecule has 0 atom stereocenters. The molecular weight excluding hydrogens is 607 g/mol. The van der Waals surface area contributed by atoms with Gasteiger partial charge in [0.05, 0.1) is 45.0 Å². The molecule has 0 fully saturated rings. The second-order valence-electron chi connectivity index (χ2n) is 15.9. The second kappa shape index (κ2) is 10.4. The minimum atomic E-state index is -0.409. The molecule has 5 heteroatoms. The first-order valence-corrected chi connectivity index (χ1v) is 17.7. The molecule has 0 unspecified atom stereocenters. The number of pyridine rings is 1. The van der Waals surface area contributed by atoms with Crippen LogP contribution in [0.4, 0.5) is 17.1 Å². The number of phenols is 1. The molecule has 2 aromatic heterocycles. The lowest BCUT2D eigenvalue weighted by atomic mass is 9.79. The Morgan fingerprint density at radius 1 is 0.646 bits per heavy atom. The Bertz CT molecular complexity index is 2410. The highest BCUT2D eigenvalue weighted by atomic mass is 32.1. The second-order valence-corrected chi connectivity index (χ2v) is 17.0. The fourth-order valence-corrected chi connectivity index (χ4v) is 8.70. The third-order valence-corrected chi connectivity index (χ3v) is 11.5. The molecule has 0 saturated carbocycles. The van der Waals surface area contributed by atoms with Gasteiger partial charge in [-0.1, -0.05) is 102 Å². The average Bonchev–Trinajstić information content (AvgIpc) is 3.61. The first-order chi connectivity index (χ1) is 22.7. The van der Waals surface area contributed by atoms with E-state index in [0.717, 1.165) is 33.7 Å². The van der Waals surface area contributed by atoms with Gasteiger partial charge in [-0.3, -0.25) is 0 Å². The molecule has 1 N–H and O–H groups in total. The van der Waals surface area contributed by atoms with E-state index >= 15 is 0 Å². The lowest BCUT2D eigenvalue weighted by Crippen LogP contribution is -2.43. The summed E-state index contributed by atoms with van der Waals surface area (Å²) < 4.78 is 2.50. The maximum Gasteiger partial charge on any atom is 0.143 e. The van der Waals surface area contributed by atoms with E-state index in [4.69, 9.17) is 4.98 Å². The number of benzene rings is 5.